The van der Waals surface area contributed by atoms with E-state index in [0.29, 0.717) is 37.3 Å². The van der Waals surface area contributed by atoms with Crippen LogP contribution < -0.4 is 26.6 Å². The number of hydroxylamine groups is 2. The third kappa shape index (κ3) is 16.6. The van der Waals surface area contributed by atoms with Crippen molar-refractivity contribution < 1.29 is 92.7 Å². The summed E-state index contributed by atoms with van der Waals surface area (Å²) in [6.07, 6.45) is -11.5. The van der Waals surface area contributed by atoms with Gasteiger partial charge in [0.25, 0.3) is 11.8 Å². The first-order valence-corrected chi connectivity index (χ1v) is 25.5. The van der Waals surface area contributed by atoms with Crippen LogP contribution in [0.1, 0.15) is 69.4 Å². The molecule has 6 rings (SSSR count). The lowest BCUT2D eigenvalue weighted by Crippen LogP contribution is -2.57. The third-order valence-corrected chi connectivity index (χ3v) is 13.2. The van der Waals surface area contributed by atoms with E-state index in [9.17, 15) is 64.2 Å². The minimum atomic E-state index is -1.54. The molecule has 3 fully saturated rings. The smallest absolute Gasteiger partial charge is 0.407 e. The molecule has 3 aliphatic heterocycles. The van der Waals surface area contributed by atoms with E-state index >= 15 is 0 Å². The molecule has 0 radical (unpaired) electrons. The number of hydrogen-bond acceptors (Lipinski definition) is 21. The highest BCUT2D eigenvalue weighted by Crippen LogP contribution is 2.44. The Kier molecular flexibility index (Phi) is 22.8. The molecule has 3 heterocycles. The van der Waals surface area contributed by atoms with E-state index < -0.39 is 122 Å². The molecule has 2 aromatic rings. The number of nitrogens with zero attached hydrogens (tertiary/aromatic N) is 2. The summed E-state index contributed by atoms with van der Waals surface area (Å²) in [6.45, 7) is 1.89. The number of ether oxygens (including phenoxy) is 5. The first kappa shape index (κ1) is 59.5. The Morgan fingerprint density at radius 2 is 1.09 bits per heavy atom. The number of fused-ring (bicyclic) bond motifs is 3. The Labute approximate surface area is 438 Å². The molecule has 26 heteroatoms. The summed E-state index contributed by atoms with van der Waals surface area (Å²) in [6, 6.07) is 14.3. The van der Waals surface area contributed by atoms with Gasteiger partial charge in [-0.05, 0) is 55.5 Å². The molecule has 1 aliphatic carbocycles. The normalized spacial score (nSPS) is 25.6. The van der Waals surface area contributed by atoms with Gasteiger partial charge in [0.2, 0.25) is 17.7 Å². The number of imide groups is 1. The molecule has 26 nitrogen and oxygen atoms in total. The average Bonchev–Trinajstić information content (AvgIpc) is 3.90. The fraction of sp³-hybridized carbons (Fsp3) is 0.620. The van der Waals surface area contributed by atoms with Gasteiger partial charge in [-0.3, -0.25) is 28.9 Å². The van der Waals surface area contributed by atoms with Crippen molar-refractivity contribution in [2.45, 2.75) is 126 Å². The lowest BCUT2D eigenvalue weighted by atomic mass is 9.98. The predicted octanol–water partition coefficient (Wildman–Crippen LogP) is -3.01. The highest BCUT2D eigenvalue weighted by Gasteiger charge is 2.44. The van der Waals surface area contributed by atoms with Gasteiger partial charge in [0.15, 0.2) is 12.6 Å². The van der Waals surface area contributed by atoms with Gasteiger partial charge < -0.3 is 85.7 Å². The zero-order valence-electron chi connectivity index (χ0n) is 42.5. The number of alkyl carbamates (subject to hydrolysis) is 1. The molecular formula is C50H71N7O19. The van der Waals surface area contributed by atoms with Crippen molar-refractivity contribution in [1.29, 1.82) is 0 Å². The zero-order chi connectivity index (χ0) is 54.9. The van der Waals surface area contributed by atoms with Crippen molar-refractivity contribution in [2.75, 3.05) is 72.2 Å². The molecular weight excluding hydrogens is 1000 g/mol. The van der Waals surface area contributed by atoms with Crippen LogP contribution in [0.5, 0.6) is 0 Å². The standard InChI is InChI=1S/C50H71N7O19/c1-28-41(63)43(65)45(67)48(74-28)71-21-19-53-37(59)25-56(26-38(60)54-20-22-72-49-46(68)44(66)42(64)29(2)75-49)24-36(58)52-18-10-4-3-9-17-51-23-35(47(69)76-57-39(61)15-16-40(57)62)55-50(70)73-27-34-32-13-7-5-11-30(32)31-12-6-8-14-33(31)34/h5-8,11-14,28-29,34-35,41-46,48-49,51,63-68H,3-4,9-10,15-27H2,1-2H3,(H,52,58)(H,53,59)(H,54,60)(H,55,70)/t28-,29-,35+,41+,42+,43+,44+,45-,46-,48+,49+/m0/s1. The van der Waals surface area contributed by atoms with Gasteiger partial charge in [0.1, 0.15) is 49.3 Å². The molecule has 0 saturated carbocycles. The van der Waals surface area contributed by atoms with Gasteiger partial charge in [0.05, 0.1) is 45.1 Å². The number of hydrogen-bond donors (Lipinski definition) is 11. The summed E-state index contributed by atoms with van der Waals surface area (Å²) in [4.78, 5) is 96.3. The second kappa shape index (κ2) is 29.1. The quantitative estimate of drug-likeness (QED) is 0.0299. The summed E-state index contributed by atoms with van der Waals surface area (Å²) in [5, 5.41) is 74.3. The summed E-state index contributed by atoms with van der Waals surface area (Å²) in [7, 11) is 0. The zero-order valence-corrected chi connectivity index (χ0v) is 42.5. The van der Waals surface area contributed by atoms with Crippen molar-refractivity contribution in [2.24, 2.45) is 0 Å². The number of aliphatic hydroxyl groups is 6. The first-order chi connectivity index (χ1) is 36.4. The Hall–Kier alpha value is -5.75. The van der Waals surface area contributed by atoms with Crippen LogP contribution >= 0.6 is 0 Å². The molecule has 11 N–H and O–H groups in total. The maximum Gasteiger partial charge on any atom is 0.407 e. The number of rotatable bonds is 28. The molecule has 420 valence electrons. The largest absolute Gasteiger partial charge is 0.449 e. The van der Waals surface area contributed by atoms with E-state index in [-0.39, 0.29) is 71.3 Å². The lowest BCUT2D eigenvalue weighted by molar-refractivity contribution is -0.292. The molecule has 6 amide bonds. The summed E-state index contributed by atoms with van der Waals surface area (Å²) >= 11 is 0. The third-order valence-electron chi connectivity index (χ3n) is 13.2. The molecule has 2 aromatic carbocycles. The Balaban J connectivity index is 0.912. The number of nitrogens with one attached hydrogen (secondary N) is 5. The fourth-order valence-electron chi connectivity index (χ4n) is 8.97. The fourth-order valence-corrected chi connectivity index (χ4v) is 8.97. The molecule has 11 atom stereocenters. The number of carbonyl (C=O) groups is 7. The molecule has 0 unspecified atom stereocenters. The number of unbranched alkanes of at least 4 members (excludes halogenated alkanes) is 3. The second-order valence-electron chi connectivity index (χ2n) is 18.9. The lowest BCUT2D eigenvalue weighted by Gasteiger charge is -2.38. The first-order valence-electron chi connectivity index (χ1n) is 25.5. The molecule has 76 heavy (non-hydrogen) atoms. The van der Waals surface area contributed by atoms with Crippen LogP contribution in [0.4, 0.5) is 4.79 Å². The van der Waals surface area contributed by atoms with Gasteiger partial charge in [-0.1, -0.05) is 61.4 Å². The Morgan fingerprint density at radius 3 is 1.59 bits per heavy atom. The van der Waals surface area contributed by atoms with Crippen LogP contribution in [0.3, 0.4) is 0 Å². The van der Waals surface area contributed by atoms with E-state index in [1.807, 2.05) is 48.5 Å². The van der Waals surface area contributed by atoms with E-state index in [0.717, 1.165) is 22.3 Å². The summed E-state index contributed by atoms with van der Waals surface area (Å²) in [5.74, 6) is -4.26. The molecule has 0 spiro atoms. The van der Waals surface area contributed by atoms with Gasteiger partial charge in [0, 0.05) is 44.9 Å². The van der Waals surface area contributed by atoms with E-state index in [2.05, 4.69) is 26.6 Å². The van der Waals surface area contributed by atoms with Crippen molar-refractivity contribution in [3.8, 4) is 11.1 Å². The molecule has 3 saturated heterocycles. The Bertz CT molecular complexity index is 2180. The SMILES string of the molecule is C[C@@H]1O[C@@H](OCCNC(=O)CN(CC(=O)NCCCCCCNC[C@@H](NC(=O)OCC2c3ccccc3-c3ccccc32)C(=O)ON2C(=O)CCC2=O)CC(=O)NCCO[C@@H]2O[C@@H](C)[C@@H](O)[C@@H](O)[C@@H]2O)[C@@H](O)[C@H](O)[C@@H]1O. The number of aliphatic hydroxyl groups excluding tert-OH is 6. The van der Waals surface area contributed by atoms with Gasteiger partial charge >= 0.3 is 12.1 Å². The van der Waals surface area contributed by atoms with Gasteiger partial charge in [-0.25, -0.2) is 9.59 Å². The van der Waals surface area contributed by atoms with E-state index in [1.165, 1.54) is 18.7 Å². The Morgan fingerprint density at radius 1 is 0.632 bits per heavy atom. The van der Waals surface area contributed by atoms with Crippen molar-refractivity contribution in [3.63, 3.8) is 0 Å². The van der Waals surface area contributed by atoms with E-state index in [1.54, 1.807) is 0 Å². The monoisotopic (exact) mass is 1070 g/mol. The maximum atomic E-state index is 13.2. The average molecular weight is 1070 g/mol. The minimum Gasteiger partial charge on any atom is -0.449 e. The van der Waals surface area contributed by atoms with Crippen LogP contribution in [-0.4, -0.2) is 222 Å². The van der Waals surface area contributed by atoms with Gasteiger partial charge in [-0.15, -0.1) is 5.06 Å². The molecule has 0 aromatic heterocycles. The van der Waals surface area contributed by atoms with Crippen molar-refractivity contribution >= 4 is 41.6 Å². The van der Waals surface area contributed by atoms with Crippen LogP contribution in [0.15, 0.2) is 48.5 Å². The number of benzene rings is 2. The highest BCUT2D eigenvalue weighted by molar-refractivity contribution is 6.02. The molecule has 0 bridgehead atoms. The van der Waals surface area contributed by atoms with Crippen LogP contribution in [0.2, 0.25) is 0 Å². The summed E-state index contributed by atoms with van der Waals surface area (Å²) < 4.78 is 27.3. The van der Waals surface area contributed by atoms with Crippen LogP contribution in [0.25, 0.3) is 11.1 Å². The summed E-state index contributed by atoms with van der Waals surface area (Å²) in [5.41, 5.74) is 4.07. The minimum absolute atomic E-state index is 0.0170. The number of carbonyl (C=O) groups excluding carboxylic acids is 7. The van der Waals surface area contributed by atoms with E-state index in [4.69, 9.17) is 28.5 Å². The van der Waals surface area contributed by atoms with Crippen LogP contribution in [-0.2, 0) is 57.3 Å². The maximum absolute atomic E-state index is 13.2. The van der Waals surface area contributed by atoms with Crippen molar-refractivity contribution in [1.82, 2.24) is 36.5 Å². The number of amides is 6. The predicted molar refractivity (Wildman–Crippen MR) is 263 cm³/mol. The van der Waals surface area contributed by atoms with Crippen LogP contribution in [0, 0.1) is 0 Å². The highest BCUT2D eigenvalue weighted by atomic mass is 16.7. The topological polar surface area (TPSA) is 363 Å². The van der Waals surface area contributed by atoms with Crippen molar-refractivity contribution in [3.05, 3.63) is 59.7 Å². The van der Waals surface area contributed by atoms with Gasteiger partial charge in [-0.2, -0.15) is 0 Å². The second-order valence-corrected chi connectivity index (χ2v) is 18.9. The molecule has 4 aliphatic rings.